The number of amides is 1. The molecule has 0 unspecified atom stereocenters. The molecule has 1 aromatic carbocycles. The lowest BCUT2D eigenvalue weighted by molar-refractivity contribution is -0.125. The summed E-state index contributed by atoms with van der Waals surface area (Å²) in [5.41, 5.74) is 2.12. The van der Waals surface area contributed by atoms with Crippen LogP contribution in [-0.4, -0.2) is 35.2 Å². The normalized spacial score (nSPS) is 11.3. The Morgan fingerprint density at radius 2 is 2.00 bits per heavy atom. The quantitative estimate of drug-likeness (QED) is 0.680. The lowest BCUT2D eigenvalue weighted by Crippen LogP contribution is -2.32. The Hall–Kier alpha value is -1.88. The summed E-state index contributed by atoms with van der Waals surface area (Å²) in [4.78, 5) is 16.8. The Morgan fingerprint density at radius 1 is 1.25 bits per heavy atom. The van der Waals surface area contributed by atoms with Gasteiger partial charge < -0.3 is 14.6 Å². The number of nitrogens with one attached hydrogen (secondary N) is 1. The minimum atomic E-state index is 0.113. The van der Waals surface area contributed by atoms with Gasteiger partial charge in [0.15, 0.2) is 0 Å². The van der Waals surface area contributed by atoms with Crippen molar-refractivity contribution in [3.8, 4) is 0 Å². The number of nitrogens with zero attached hydrogens (tertiary/aromatic N) is 2. The molecule has 0 atom stereocenters. The van der Waals surface area contributed by atoms with Gasteiger partial charge in [0.1, 0.15) is 5.82 Å². The standard InChI is InChI=1S/C19H29N3O2/c1-4-15(5-2)19(23)20-12-11-18-21-16-9-7-8-10-17(16)22(18)13-14-24-6-3/h7-10,15H,4-6,11-14H2,1-3H3,(H,20,23). The monoisotopic (exact) mass is 331 g/mol. The molecule has 0 fully saturated rings. The Labute approximate surface area is 144 Å². The van der Waals surface area contributed by atoms with E-state index in [4.69, 9.17) is 9.72 Å². The maximum atomic E-state index is 12.1. The second-order valence-corrected chi connectivity index (χ2v) is 5.92. The van der Waals surface area contributed by atoms with Gasteiger partial charge >= 0.3 is 0 Å². The number of hydrogen-bond donors (Lipinski definition) is 1. The zero-order chi connectivity index (χ0) is 17.4. The summed E-state index contributed by atoms with van der Waals surface area (Å²) in [7, 11) is 0. The molecule has 0 saturated heterocycles. The molecule has 0 spiro atoms. The topological polar surface area (TPSA) is 56.1 Å². The van der Waals surface area contributed by atoms with Gasteiger partial charge in [-0.05, 0) is 31.9 Å². The third-order valence-electron chi connectivity index (χ3n) is 4.40. The fraction of sp³-hybridized carbons (Fsp3) is 0.579. The molecule has 1 aromatic heterocycles. The predicted molar refractivity (Wildman–Crippen MR) is 97.0 cm³/mol. The summed E-state index contributed by atoms with van der Waals surface area (Å²) in [5, 5.41) is 3.05. The van der Waals surface area contributed by atoms with Crippen molar-refractivity contribution in [1.29, 1.82) is 0 Å². The van der Waals surface area contributed by atoms with Gasteiger partial charge in [0, 0.05) is 32.0 Å². The molecule has 5 nitrogen and oxygen atoms in total. The first kappa shape index (κ1) is 18.5. The van der Waals surface area contributed by atoms with Crippen molar-refractivity contribution in [1.82, 2.24) is 14.9 Å². The van der Waals surface area contributed by atoms with E-state index in [0.717, 1.165) is 42.7 Å². The number of para-hydroxylation sites is 2. The molecule has 0 aliphatic rings. The second kappa shape index (κ2) is 9.42. The highest BCUT2D eigenvalue weighted by Crippen LogP contribution is 2.16. The van der Waals surface area contributed by atoms with Crippen molar-refractivity contribution < 1.29 is 9.53 Å². The van der Waals surface area contributed by atoms with E-state index < -0.39 is 0 Å². The van der Waals surface area contributed by atoms with Crippen molar-refractivity contribution >= 4 is 16.9 Å². The van der Waals surface area contributed by atoms with E-state index in [1.807, 2.05) is 25.1 Å². The number of fused-ring (bicyclic) bond motifs is 1. The highest BCUT2D eigenvalue weighted by atomic mass is 16.5. The zero-order valence-corrected chi connectivity index (χ0v) is 15.0. The summed E-state index contributed by atoms with van der Waals surface area (Å²) in [6, 6.07) is 8.14. The van der Waals surface area contributed by atoms with Crippen LogP contribution in [0.25, 0.3) is 11.0 Å². The van der Waals surface area contributed by atoms with Crippen LogP contribution >= 0.6 is 0 Å². The van der Waals surface area contributed by atoms with Crippen LogP contribution in [0.3, 0.4) is 0 Å². The molecule has 1 heterocycles. The van der Waals surface area contributed by atoms with Crippen LogP contribution in [0.5, 0.6) is 0 Å². The number of rotatable bonds is 10. The smallest absolute Gasteiger partial charge is 0.223 e. The molecule has 24 heavy (non-hydrogen) atoms. The average Bonchev–Trinajstić information content (AvgIpc) is 2.94. The molecular weight excluding hydrogens is 302 g/mol. The minimum absolute atomic E-state index is 0.113. The van der Waals surface area contributed by atoms with E-state index in [2.05, 4.69) is 29.8 Å². The minimum Gasteiger partial charge on any atom is -0.380 e. The summed E-state index contributed by atoms with van der Waals surface area (Å²) in [6.07, 6.45) is 2.50. The first-order chi connectivity index (χ1) is 11.7. The molecule has 5 heteroatoms. The molecule has 2 rings (SSSR count). The zero-order valence-electron chi connectivity index (χ0n) is 15.0. The van der Waals surface area contributed by atoms with Gasteiger partial charge in [-0.2, -0.15) is 0 Å². The van der Waals surface area contributed by atoms with E-state index in [-0.39, 0.29) is 11.8 Å². The first-order valence-electron chi connectivity index (χ1n) is 9.00. The number of hydrogen-bond acceptors (Lipinski definition) is 3. The third kappa shape index (κ3) is 4.57. The van der Waals surface area contributed by atoms with Crippen LogP contribution in [0.4, 0.5) is 0 Å². The van der Waals surface area contributed by atoms with Crippen LogP contribution in [0.1, 0.15) is 39.4 Å². The molecule has 1 amide bonds. The summed E-state index contributed by atoms with van der Waals surface area (Å²) >= 11 is 0. The highest BCUT2D eigenvalue weighted by molar-refractivity contribution is 5.78. The average molecular weight is 331 g/mol. The van der Waals surface area contributed by atoms with Gasteiger partial charge in [-0.25, -0.2) is 4.98 Å². The molecule has 0 saturated carbocycles. The molecule has 1 N–H and O–H groups in total. The van der Waals surface area contributed by atoms with Gasteiger partial charge in [-0.1, -0.05) is 26.0 Å². The maximum Gasteiger partial charge on any atom is 0.223 e. The van der Waals surface area contributed by atoms with E-state index in [1.54, 1.807) is 0 Å². The van der Waals surface area contributed by atoms with Crippen LogP contribution in [-0.2, 0) is 22.5 Å². The van der Waals surface area contributed by atoms with Gasteiger partial charge in [0.2, 0.25) is 5.91 Å². The Bertz CT molecular complexity index is 647. The van der Waals surface area contributed by atoms with Gasteiger partial charge in [0.05, 0.1) is 17.6 Å². The Kier molecular flexibility index (Phi) is 7.25. The molecule has 0 radical (unpaired) electrons. The van der Waals surface area contributed by atoms with Gasteiger partial charge in [-0.3, -0.25) is 4.79 Å². The molecular formula is C19H29N3O2. The maximum absolute atomic E-state index is 12.1. The highest BCUT2D eigenvalue weighted by Gasteiger charge is 2.14. The number of aromatic nitrogens is 2. The van der Waals surface area contributed by atoms with Crippen molar-refractivity contribution in [3.05, 3.63) is 30.1 Å². The third-order valence-corrected chi connectivity index (χ3v) is 4.40. The molecule has 132 valence electrons. The number of carbonyl (C=O) groups is 1. The fourth-order valence-corrected chi connectivity index (χ4v) is 2.97. The summed E-state index contributed by atoms with van der Waals surface area (Å²) in [5.74, 6) is 1.26. The molecule has 0 bridgehead atoms. The van der Waals surface area contributed by atoms with Crippen LogP contribution in [0, 0.1) is 5.92 Å². The Morgan fingerprint density at radius 3 is 2.71 bits per heavy atom. The SMILES string of the molecule is CCOCCn1c(CCNC(=O)C(CC)CC)nc2ccccc21. The molecule has 0 aliphatic heterocycles. The van der Waals surface area contributed by atoms with Crippen LogP contribution in [0.15, 0.2) is 24.3 Å². The number of imidazole rings is 1. The number of benzene rings is 1. The molecule has 0 aliphatic carbocycles. The van der Waals surface area contributed by atoms with Gasteiger partial charge in [0.25, 0.3) is 0 Å². The van der Waals surface area contributed by atoms with Crippen LogP contribution < -0.4 is 5.32 Å². The van der Waals surface area contributed by atoms with Gasteiger partial charge in [-0.15, -0.1) is 0 Å². The van der Waals surface area contributed by atoms with E-state index in [1.165, 1.54) is 0 Å². The van der Waals surface area contributed by atoms with Crippen molar-refractivity contribution in [2.45, 2.75) is 46.6 Å². The first-order valence-corrected chi connectivity index (χ1v) is 9.00. The van der Waals surface area contributed by atoms with Crippen molar-refractivity contribution in [2.75, 3.05) is 19.8 Å². The van der Waals surface area contributed by atoms with E-state index in [9.17, 15) is 4.79 Å². The van der Waals surface area contributed by atoms with E-state index >= 15 is 0 Å². The number of ether oxygens (including phenoxy) is 1. The summed E-state index contributed by atoms with van der Waals surface area (Å²) < 4.78 is 7.70. The second-order valence-electron chi connectivity index (χ2n) is 5.92. The van der Waals surface area contributed by atoms with Crippen molar-refractivity contribution in [3.63, 3.8) is 0 Å². The lowest BCUT2D eigenvalue weighted by Gasteiger charge is -2.13. The van der Waals surface area contributed by atoms with Crippen molar-refractivity contribution in [2.24, 2.45) is 5.92 Å². The Balaban J connectivity index is 2.04. The summed E-state index contributed by atoms with van der Waals surface area (Å²) in [6.45, 7) is 8.90. The predicted octanol–water partition coefficient (Wildman–Crippen LogP) is 3.17. The number of carbonyl (C=O) groups excluding carboxylic acids is 1. The largest absolute Gasteiger partial charge is 0.380 e. The lowest BCUT2D eigenvalue weighted by atomic mass is 10.0. The molecule has 2 aromatic rings. The van der Waals surface area contributed by atoms with Crippen LogP contribution in [0.2, 0.25) is 0 Å². The fourth-order valence-electron chi connectivity index (χ4n) is 2.97. The van der Waals surface area contributed by atoms with E-state index in [0.29, 0.717) is 19.8 Å².